The predicted molar refractivity (Wildman–Crippen MR) is 78.4 cm³/mol. The molecule has 112 valence electrons. The first-order valence-electron chi connectivity index (χ1n) is 8.02. The summed E-state index contributed by atoms with van der Waals surface area (Å²) in [7, 11) is 0. The number of nitrogens with zero attached hydrogens (tertiary/aromatic N) is 2. The summed E-state index contributed by atoms with van der Waals surface area (Å²) in [4.78, 5) is 14.6. The lowest BCUT2D eigenvalue weighted by atomic mass is 10.1. The van der Waals surface area contributed by atoms with Crippen LogP contribution in [-0.2, 0) is 4.79 Å². The van der Waals surface area contributed by atoms with Gasteiger partial charge in [0.2, 0.25) is 5.91 Å². The van der Waals surface area contributed by atoms with Crippen LogP contribution in [0.25, 0.3) is 0 Å². The topological polar surface area (TPSA) is 57.2 Å². The third-order valence-corrected chi connectivity index (χ3v) is 4.81. The van der Waals surface area contributed by atoms with Gasteiger partial charge in [-0.15, -0.1) is 0 Å². The maximum Gasteiger partial charge on any atom is 0.227 e. The molecule has 2 aliphatic rings. The van der Waals surface area contributed by atoms with Crippen molar-refractivity contribution in [1.82, 2.24) is 4.90 Å². The van der Waals surface area contributed by atoms with Crippen molar-refractivity contribution in [3.05, 3.63) is 24.2 Å². The van der Waals surface area contributed by atoms with Gasteiger partial charge in [0, 0.05) is 17.9 Å². The van der Waals surface area contributed by atoms with Crippen LogP contribution in [0.15, 0.2) is 22.8 Å². The van der Waals surface area contributed by atoms with Crippen molar-refractivity contribution in [2.24, 2.45) is 5.92 Å². The third-order valence-electron chi connectivity index (χ3n) is 4.81. The molecule has 4 nitrogen and oxygen atoms in total. The zero-order valence-electron chi connectivity index (χ0n) is 12.3. The minimum Gasteiger partial charge on any atom is -0.469 e. The van der Waals surface area contributed by atoms with Crippen LogP contribution in [0.1, 0.15) is 56.6 Å². The van der Waals surface area contributed by atoms with Gasteiger partial charge in [0.15, 0.2) is 0 Å². The molecule has 0 radical (unpaired) electrons. The lowest BCUT2D eigenvalue weighted by Crippen LogP contribution is -2.41. The second-order valence-electron chi connectivity index (χ2n) is 6.23. The Kier molecular flexibility index (Phi) is 4.28. The minimum absolute atomic E-state index is 0.0211. The van der Waals surface area contributed by atoms with Gasteiger partial charge in [0.05, 0.1) is 12.3 Å². The van der Waals surface area contributed by atoms with Crippen molar-refractivity contribution >= 4 is 5.91 Å². The van der Waals surface area contributed by atoms with E-state index in [1.807, 2.05) is 17.0 Å². The molecule has 1 heterocycles. The van der Waals surface area contributed by atoms with Crippen LogP contribution in [0.4, 0.5) is 0 Å². The van der Waals surface area contributed by atoms with E-state index in [9.17, 15) is 4.79 Å². The third kappa shape index (κ3) is 3.12. The monoisotopic (exact) mass is 286 g/mol. The summed E-state index contributed by atoms with van der Waals surface area (Å²) in [6.45, 7) is 0.227. The van der Waals surface area contributed by atoms with Crippen molar-refractivity contribution in [3.8, 4) is 6.07 Å². The number of hydrogen-bond acceptors (Lipinski definition) is 3. The van der Waals surface area contributed by atoms with Gasteiger partial charge in [-0.1, -0.05) is 25.7 Å². The fourth-order valence-corrected chi connectivity index (χ4v) is 3.53. The Morgan fingerprint density at radius 2 is 2.10 bits per heavy atom. The van der Waals surface area contributed by atoms with Crippen LogP contribution in [0.3, 0.4) is 0 Å². The summed E-state index contributed by atoms with van der Waals surface area (Å²) in [5.41, 5.74) is 0. The van der Waals surface area contributed by atoms with E-state index in [1.54, 1.807) is 6.26 Å². The van der Waals surface area contributed by atoms with Gasteiger partial charge < -0.3 is 9.32 Å². The van der Waals surface area contributed by atoms with E-state index in [4.69, 9.17) is 9.68 Å². The first kappa shape index (κ1) is 14.2. The van der Waals surface area contributed by atoms with Crippen LogP contribution < -0.4 is 0 Å². The van der Waals surface area contributed by atoms with Gasteiger partial charge in [-0.3, -0.25) is 4.79 Å². The van der Waals surface area contributed by atoms with Crippen LogP contribution in [0, 0.1) is 17.2 Å². The molecule has 0 unspecified atom stereocenters. The highest BCUT2D eigenvalue weighted by Crippen LogP contribution is 2.49. The van der Waals surface area contributed by atoms with Gasteiger partial charge >= 0.3 is 0 Å². The Balaban J connectivity index is 1.66. The number of nitriles is 1. The average molecular weight is 286 g/mol. The van der Waals surface area contributed by atoms with Gasteiger partial charge in [0.25, 0.3) is 0 Å². The molecule has 2 aliphatic carbocycles. The Bertz CT molecular complexity index is 509. The molecule has 2 saturated carbocycles. The van der Waals surface area contributed by atoms with E-state index in [1.165, 1.54) is 25.7 Å². The first-order chi connectivity index (χ1) is 10.3. The number of carbonyl (C=O) groups excluding carboxylic acids is 1. The van der Waals surface area contributed by atoms with E-state index in [2.05, 4.69) is 6.07 Å². The van der Waals surface area contributed by atoms with Crippen LogP contribution in [0.5, 0.6) is 0 Å². The Morgan fingerprint density at radius 3 is 2.71 bits per heavy atom. The maximum atomic E-state index is 12.7. The zero-order chi connectivity index (χ0) is 14.7. The van der Waals surface area contributed by atoms with Crippen molar-refractivity contribution in [2.45, 2.75) is 56.9 Å². The van der Waals surface area contributed by atoms with Crippen molar-refractivity contribution in [2.75, 3.05) is 6.54 Å². The molecule has 1 amide bonds. The number of hydrogen-bond donors (Lipinski definition) is 0. The van der Waals surface area contributed by atoms with Crippen LogP contribution in [-0.4, -0.2) is 23.4 Å². The predicted octanol–water partition coefficient (Wildman–Crippen LogP) is 3.46. The average Bonchev–Trinajstić information content (AvgIpc) is 3.20. The zero-order valence-corrected chi connectivity index (χ0v) is 12.3. The second-order valence-corrected chi connectivity index (χ2v) is 6.23. The summed E-state index contributed by atoms with van der Waals surface area (Å²) >= 11 is 0. The highest BCUT2D eigenvalue weighted by atomic mass is 16.3. The summed E-state index contributed by atoms with van der Waals surface area (Å²) in [5.74, 6) is 1.31. The highest BCUT2D eigenvalue weighted by Gasteiger charge is 2.48. The van der Waals surface area contributed by atoms with Gasteiger partial charge in [0.1, 0.15) is 12.3 Å². The molecule has 0 N–H and O–H groups in total. The summed E-state index contributed by atoms with van der Waals surface area (Å²) in [6, 6.07) is 6.25. The van der Waals surface area contributed by atoms with E-state index in [-0.39, 0.29) is 30.3 Å². The molecular weight excluding hydrogens is 264 g/mol. The van der Waals surface area contributed by atoms with Gasteiger partial charge in [-0.25, -0.2) is 0 Å². The Labute approximate surface area is 125 Å². The normalized spacial score (nSPS) is 25.9. The quantitative estimate of drug-likeness (QED) is 0.629. The number of amides is 1. The van der Waals surface area contributed by atoms with E-state index in [0.29, 0.717) is 0 Å². The summed E-state index contributed by atoms with van der Waals surface area (Å²) in [6.07, 6.45) is 9.47. The summed E-state index contributed by atoms with van der Waals surface area (Å²) < 4.78 is 5.41. The molecule has 0 aliphatic heterocycles. The molecule has 4 heteroatoms. The number of rotatable bonds is 4. The fourth-order valence-electron chi connectivity index (χ4n) is 3.53. The molecule has 0 bridgehead atoms. The molecule has 0 aromatic carbocycles. The fraction of sp³-hybridized carbons (Fsp3) is 0.647. The standard InChI is InChI=1S/C17H22N2O2/c18-9-10-19(13-6-3-1-2-4-7-13)17(20)15-12-14(15)16-8-5-11-21-16/h5,8,11,13-15H,1-4,6-7,10,12H2/t14-,15-/m0/s1. The molecule has 1 aromatic rings. The number of carbonyl (C=O) groups is 1. The van der Waals surface area contributed by atoms with Crippen LogP contribution in [0.2, 0.25) is 0 Å². The van der Waals surface area contributed by atoms with Crippen molar-refractivity contribution < 1.29 is 9.21 Å². The molecule has 2 fully saturated rings. The molecule has 21 heavy (non-hydrogen) atoms. The second kappa shape index (κ2) is 6.34. The lowest BCUT2D eigenvalue weighted by molar-refractivity contribution is -0.134. The van der Waals surface area contributed by atoms with Gasteiger partial charge in [-0.05, 0) is 31.4 Å². The highest BCUT2D eigenvalue weighted by molar-refractivity contribution is 5.83. The van der Waals surface area contributed by atoms with Crippen molar-refractivity contribution in [1.29, 1.82) is 5.26 Å². The maximum absolute atomic E-state index is 12.7. The lowest BCUT2D eigenvalue weighted by Gasteiger charge is -2.29. The molecule has 3 rings (SSSR count). The minimum atomic E-state index is 0.0211. The van der Waals surface area contributed by atoms with E-state index in [0.717, 1.165) is 25.0 Å². The Morgan fingerprint density at radius 1 is 1.33 bits per heavy atom. The van der Waals surface area contributed by atoms with Crippen molar-refractivity contribution in [3.63, 3.8) is 0 Å². The molecule has 2 atom stereocenters. The van der Waals surface area contributed by atoms with E-state index >= 15 is 0 Å². The summed E-state index contributed by atoms with van der Waals surface area (Å²) in [5, 5.41) is 9.08. The molecule has 0 saturated heterocycles. The number of furan rings is 1. The van der Waals surface area contributed by atoms with Crippen LogP contribution >= 0.6 is 0 Å². The Hall–Kier alpha value is -1.76. The molecule has 0 spiro atoms. The smallest absolute Gasteiger partial charge is 0.227 e. The SMILES string of the molecule is N#CCN(C(=O)[C@H]1C[C@@H]1c1ccco1)C1CCCCCC1. The molecule has 1 aromatic heterocycles. The molecular formula is C17H22N2O2. The first-order valence-corrected chi connectivity index (χ1v) is 8.02. The van der Waals surface area contributed by atoms with E-state index < -0.39 is 0 Å². The van der Waals surface area contributed by atoms with Gasteiger partial charge in [-0.2, -0.15) is 5.26 Å². The largest absolute Gasteiger partial charge is 0.469 e.